The highest BCUT2D eigenvalue weighted by Crippen LogP contribution is 2.25. The topological polar surface area (TPSA) is 72.2 Å². The fourth-order valence-corrected chi connectivity index (χ4v) is 4.43. The first-order chi connectivity index (χ1) is 9.90. The predicted molar refractivity (Wildman–Crippen MR) is 86.6 cm³/mol. The summed E-state index contributed by atoms with van der Waals surface area (Å²) in [5, 5.41) is 0. The molecule has 0 bridgehead atoms. The highest BCUT2D eigenvalue weighted by molar-refractivity contribution is 7.89. The van der Waals surface area contributed by atoms with Crippen LogP contribution < -0.4 is 10.5 Å². The van der Waals surface area contributed by atoms with Crippen LogP contribution in [0.1, 0.15) is 50.5 Å². The minimum absolute atomic E-state index is 0.0243. The highest BCUT2D eigenvalue weighted by Gasteiger charge is 2.29. The monoisotopic (exact) mass is 310 g/mol. The molecule has 1 aromatic carbocycles. The van der Waals surface area contributed by atoms with Gasteiger partial charge in [0.05, 0.1) is 5.75 Å². The molecule has 0 radical (unpaired) electrons. The van der Waals surface area contributed by atoms with Crippen LogP contribution in [0.4, 0.5) is 0 Å². The van der Waals surface area contributed by atoms with Crippen LogP contribution in [-0.2, 0) is 10.0 Å². The Kier molecular flexibility index (Phi) is 5.41. The van der Waals surface area contributed by atoms with Gasteiger partial charge in [-0.25, -0.2) is 13.1 Å². The van der Waals surface area contributed by atoms with E-state index in [-0.39, 0.29) is 17.2 Å². The Labute approximate surface area is 128 Å². The van der Waals surface area contributed by atoms with Gasteiger partial charge in [-0.3, -0.25) is 0 Å². The molecule has 118 valence electrons. The van der Waals surface area contributed by atoms with Crippen molar-refractivity contribution in [1.29, 1.82) is 0 Å². The number of hydrogen-bond donors (Lipinski definition) is 2. The Morgan fingerprint density at radius 2 is 1.81 bits per heavy atom. The van der Waals surface area contributed by atoms with Crippen LogP contribution in [0.3, 0.4) is 0 Å². The van der Waals surface area contributed by atoms with E-state index in [2.05, 4.69) is 4.72 Å². The van der Waals surface area contributed by atoms with Crippen LogP contribution in [0.2, 0.25) is 0 Å². The maximum absolute atomic E-state index is 12.2. The fourth-order valence-electron chi connectivity index (χ4n) is 2.95. The Morgan fingerprint density at radius 1 is 1.19 bits per heavy atom. The number of rotatable bonds is 6. The van der Waals surface area contributed by atoms with E-state index in [4.69, 9.17) is 5.73 Å². The van der Waals surface area contributed by atoms with Gasteiger partial charge in [0, 0.05) is 12.1 Å². The Morgan fingerprint density at radius 3 is 2.43 bits per heavy atom. The fraction of sp³-hybridized carbons (Fsp3) is 0.625. The van der Waals surface area contributed by atoms with Crippen molar-refractivity contribution < 1.29 is 8.42 Å². The van der Waals surface area contributed by atoms with E-state index in [9.17, 15) is 8.42 Å². The SMILES string of the molecule is CC(CS(=O)(=O)NCC1(N)CCCCC1)c1ccccc1. The highest BCUT2D eigenvalue weighted by atomic mass is 32.2. The predicted octanol–water partition coefficient (Wildman–Crippen LogP) is 2.37. The van der Waals surface area contributed by atoms with Gasteiger partial charge in [-0.1, -0.05) is 56.5 Å². The summed E-state index contributed by atoms with van der Waals surface area (Å²) >= 11 is 0. The summed E-state index contributed by atoms with van der Waals surface area (Å²) in [4.78, 5) is 0. The van der Waals surface area contributed by atoms with Crippen molar-refractivity contribution in [2.75, 3.05) is 12.3 Å². The van der Waals surface area contributed by atoms with Crippen LogP contribution >= 0.6 is 0 Å². The molecule has 0 aromatic heterocycles. The molecule has 0 aliphatic heterocycles. The molecule has 21 heavy (non-hydrogen) atoms. The maximum atomic E-state index is 12.2. The number of sulfonamides is 1. The summed E-state index contributed by atoms with van der Waals surface area (Å²) in [6.45, 7) is 2.30. The molecule has 2 rings (SSSR count). The zero-order valence-electron chi connectivity index (χ0n) is 12.7. The van der Waals surface area contributed by atoms with E-state index < -0.39 is 10.0 Å². The average molecular weight is 310 g/mol. The molecule has 1 unspecified atom stereocenters. The molecule has 1 saturated carbocycles. The Bertz CT molecular complexity index is 537. The van der Waals surface area contributed by atoms with E-state index in [0.717, 1.165) is 31.2 Å². The van der Waals surface area contributed by atoms with Gasteiger partial charge >= 0.3 is 0 Å². The van der Waals surface area contributed by atoms with Gasteiger partial charge in [0.15, 0.2) is 0 Å². The van der Waals surface area contributed by atoms with Gasteiger partial charge in [-0.15, -0.1) is 0 Å². The average Bonchev–Trinajstić information content (AvgIpc) is 2.47. The molecule has 5 heteroatoms. The third-order valence-corrected chi connectivity index (χ3v) is 5.85. The Hall–Kier alpha value is -0.910. The zero-order valence-corrected chi connectivity index (χ0v) is 13.5. The van der Waals surface area contributed by atoms with Crippen LogP contribution in [0, 0.1) is 0 Å². The third kappa shape index (κ3) is 5.09. The Balaban J connectivity index is 1.90. The summed E-state index contributed by atoms with van der Waals surface area (Å²) in [5.74, 6) is 0.0800. The summed E-state index contributed by atoms with van der Waals surface area (Å²) in [6.07, 6.45) is 5.21. The molecule has 1 atom stereocenters. The van der Waals surface area contributed by atoms with E-state index in [1.54, 1.807) is 0 Å². The van der Waals surface area contributed by atoms with E-state index in [1.165, 1.54) is 6.42 Å². The second kappa shape index (κ2) is 6.90. The molecule has 1 aromatic rings. The van der Waals surface area contributed by atoms with Crippen LogP contribution in [0.5, 0.6) is 0 Å². The normalized spacial score (nSPS) is 20.1. The van der Waals surface area contributed by atoms with Crippen molar-refractivity contribution >= 4 is 10.0 Å². The van der Waals surface area contributed by atoms with Crippen molar-refractivity contribution in [2.45, 2.75) is 50.5 Å². The summed E-state index contributed by atoms with van der Waals surface area (Å²) in [6, 6.07) is 9.73. The van der Waals surface area contributed by atoms with Crippen molar-refractivity contribution in [3.8, 4) is 0 Å². The lowest BCUT2D eigenvalue weighted by molar-refractivity contribution is 0.296. The standard InChI is InChI=1S/C16H26N2O2S/c1-14(15-8-4-2-5-9-15)12-21(19,20)18-13-16(17)10-6-3-7-11-16/h2,4-5,8-9,14,18H,3,6-7,10-13,17H2,1H3. The van der Waals surface area contributed by atoms with Crippen molar-refractivity contribution in [2.24, 2.45) is 5.73 Å². The molecule has 3 N–H and O–H groups in total. The molecule has 1 aliphatic carbocycles. The van der Waals surface area contributed by atoms with Gasteiger partial charge < -0.3 is 5.73 Å². The van der Waals surface area contributed by atoms with Crippen molar-refractivity contribution in [3.05, 3.63) is 35.9 Å². The van der Waals surface area contributed by atoms with Crippen LogP contribution in [0.15, 0.2) is 30.3 Å². The number of nitrogens with one attached hydrogen (secondary N) is 1. The molecule has 0 saturated heterocycles. The van der Waals surface area contributed by atoms with Crippen LogP contribution in [0.25, 0.3) is 0 Å². The lowest BCUT2D eigenvalue weighted by atomic mass is 9.83. The van der Waals surface area contributed by atoms with Crippen molar-refractivity contribution in [1.82, 2.24) is 4.72 Å². The quantitative estimate of drug-likeness (QED) is 0.847. The molecular formula is C16H26N2O2S. The minimum Gasteiger partial charge on any atom is -0.324 e. The smallest absolute Gasteiger partial charge is 0.212 e. The molecule has 0 heterocycles. The van der Waals surface area contributed by atoms with E-state index >= 15 is 0 Å². The number of benzene rings is 1. The van der Waals surface area contributed by atoms with Gasteiger partial charge in [-0.05, 0) is 24.3 Å². The van der Waals surface area contributed by atoms with Crippen molar-refractivity contribution in [3.63, 3.8) is 0 Å². The first kappa shape index (κ1) is 16.5. The van der Waals surface area contributed by atoms with Gasteiger partial charge in [-0.2, -0.15) is 0 Å². The van der Waals surface area contributed by atoms with Gasteiger partial charge in [0.25, 0.3) is 0 Å². The lowest BCUT2D eigenvalue weighted by Gasteiger charge is -2.33. The zero-order chi connectivity index (χ0) is 15.3. The van der Waals surface area contributed by atoms with Gasteiger partial charge in [0.1, 0.15) is 0 Å². The van der Waals surface area contributed by atoms with Crippen LogP contribution in [-0.4, -0.2) is 26.3 Å². The summed E-state index contributed by atoms with van der Waals surface area (Å²) in [7, 11) is -3.30. The van der Waals surface area contributed by atoms with E-state index in [0.29, 0.717) is 6.54 Å². The third-order valence-electron chi connectivity index (χ3n) is 4.33. The second-order valence-corrected chi connectivity index (χ2v) is 8.19. The number of hydrogen-bond acceptors (Lipinski definition) is 3. The second-order valence-electron chi connectivity index (χ2n) is 6.34. The minimum atomic E-state index is -3.30. The lowest BCUT2D eigenvalue weighted by Crippen LogP contribution is -2.51. The summed E-state index contributed by atoms with van der Waals surface area (Å²) in [5.41, 5.74) is 6.97. The molecule has 1 fully saturated rings. The van der Waals surface area contributed by atoms with E-state index in [1.807, 2.05) is 37.3 Å². The number of nitrogens with two attached hydrogens (primary N) is 1. The molecule has 4 nitrogen and oxygen atoms in total. The maximum Gasteiger partial charge on any atom is 0.212 e. The molecular weight excluding hydrogens is 284 g/mol. The first-order valence-electron chi connectivity index (χ1n) is 7.71. The summed E-state index contributed by atoms with van der Waals surface area (Å²) < 4.78 is 27.2. The first-order valence-corrected chi connectivity index (χ1v) is 9.37. The molecule has 0 spiro atoms. The largest absolute Gasteiger partial charge is 0.324 e. The van der Waals surface area contributed by atoms with Gasteiger partial charge in [0.2, 0.25) is 10.0 Å². The molecule has 1 aliphatic rings. The molecule has 0 amide bonds.